The number of likely N-dealkylation sites (tertiary alicyclic amines) is 1. The van der Waals surface area contributed by atoms with Crippen LogP contribution in [-0.4, -0.2) is 51.2 Å². The van der Waals surface area contributed by atoms with Crippen LogP contribution in [0.3, 0.4) is 0 Å². The molecule has 1 aromatic carbocycles. The van der Waals surface area contributed by atoms with Crippen LogP contribution in [0, 0.1) is 5.41 Å². The highest BCUT2D eigenvalue weighted by Crippen LogP contribution is 2.37. The van der Waals surface area contributed by atoms with Gasteiger partial charge in [0, 0.05) is 19.6 Å². The lowest BCUT2D eigenvalue weighted by atomic mass is 9.78. The summed E-state index contributed by atoms with van der Waals surface area (Å²) in [6.45, 7) is 5.36. The van der Waals surface area contributed by atoms with Gasteiger partial charge >= 0.3 is 0 Å². The molecule has 0 bridgehead atoms. The van der Waals surface area contributed by atoms with Crippen LogP contribution in [0.5, 0.6) is 0 Å². The molecule has 2 fully saturated rings. The van der Waals surface area contributed by atoms with E-state index in [0.29, 0.717) is 30.5 Å². The lowest BCUT2D eigenvalue weighted by molar-refractivity contribution is 0.0604. The van der Waals surface area contributed by atoms with Gasteiger partial charge in [0.2, 0.25) is 0 Å². The van der Waals surface area contributed by atoms with Crippen LogP contribution >= 0.6 is 0 Å². The quantitative estimate of drug-likeness (QED) is 0.903. The molecule has 0 unspecified atom stereocenters. The van der Waals surface area contributed by atoms with Crippen molar-refractivity contribution in [3.05, 3.63) is 29.8 Å². The van der Waals surface area contributed by atoms with Crippen LogP contribution < -0.4 is 5.32 Å². The molecular formula is C18H26N2O3S. The van der Waals surface area contributed by atoms with Crippen molar-refractivity contribution in [3.8, 4) is 0 Å². The number of piperidine rings is 1. The standard InChI is InChI=1S/C18H26N2O3S/c1-2-13-24(22,23)16-6-4-3-5-15(16)17(21)20-11-8-18(9-12-20)7-10-19-14-18/h3-6,19H,2,7-14H2,1H3. The Bertz CT molecular complexity index is 699. The Morgan fingerprint density at radius 2 is 1.92 bits per heavy atom. The van der Waals surface area contributed by atoms with Gasteiger partial charge < -0.3 is 10.2 Å². The van der Waals surface area contributed by atoms with Crippen LogP contribution in [0.2, 0.25) is 0 Å². The van der Waals surface area contributed by atoms with E-state index >= 15 is 0 Å². The van der Waals surface area contributed by atoms with Gasteiger partial charge in [-0.1, -0.05) is 19.1 Å². The van der Waals surface area contributed by atoms with Gasteiger partial charge in [-0.25, -0.2) is 8.42 Å². The second kappa shape index (κ2) is 6.84. The highest BCUT2D eigenvalue weighted by molar-refractivity contribution is 7.91. The van der Waals surface area contributed by atoms with Crippen LogP contribution in [-0.2, 0) is 9.84 Å². The third-order valence-electron chi connectivity index (χ3n) is 5.37. The lowest BCUT2D eigenvalue weighted by Gasteiger charge is -2.39. The Morgan fingerprint density at radius 1 is 1.21 bits per heavy atom. The summed E-state index contributed by atoms with van der Waals surface area (Å²) >= 11 is 0. The van der Waals surface area contributed by atoms with E-state index in [-0.39, 0.29) is 16.6 Å². The Morgan fingerprint density at radius 3 is 2.54 bits per heavy atom. The van der Waals surface area contributed by atoms with E-state index in [1.54, 1.807) is 24.3 Å². The first-order chi connectivity index (χ1) is 11.5. The second-order valence-electron chi connectivity index (χ2n) is 7.03. The van der Waals surface area contributed by atoms with Crippen molar-refractivity contribution in [2.24, 2.45) is 5.41 Å². The van der Waals surface area contributed by atoms with Crippen molar-refractivity contribution in [2.75, 3.05) is 31.9 Å². The van der Waals surface area contributed by atoms with Crippen molar-refractivity contribution >= 4 is 15.7 Å². The summed E-state index contributed by atoms with van der Waals surface area (Å²) in [7, 11) is -3.40. The molecule has 6 heteroatoms. The summed E-state index contributed by atoms with van der Waals surface area (Å²) in [6, 6.07) is 6.64. The smallest absolute Gasteiger partial charge is 0.255 e. The largest absolute Gasteiger partial charge is 0.339 e. The molecular weight excluding hydrogens is 324 g/mol. The number of carbonyl (C=O) groups is 1. The predicted molar refractivity (Wildman–Crippen MR) is 93.8 cm³/mol. The summed E-state index contributed by atoms with van der Waals surface area (Å²) in [6.07, 6.45) is 3.71. The molecule has 24 heavy (non-hydrogen) atoms. The molecule has 3 rings (SSSR count). The van der Waals surface area contributed by atoms with E-state index in [2.05, 4.69) is 5.32 Å². The molecule has 0 saturated carbocycles. The van der Waals surface area contributed by atoms with Gasteiger partial charge in [-0.05, 0) is 49.8 Å². The van der Waals surface area contributed by atoms with Gasteiger partial charge in [-0.15, -0.1) is 0 Å². The average molecular weight is 350 g/mol. The first-order valence-electron chi connectivity index (χ1n) is 8.79. The topological polar surface area (TPSA) is 66.5 Å². The summed E-state index contributed by atoms with van der Waals surface area (Å²) in [5.74, 6) is -0.0717. The normalized spacial score (nSPS) is 20.5. The molecule has 1 aromatic rings. The van der Waals surface area contributed by atoms with Crippen LogP contribution in [0.15, 0.2) is 29.2 Å². The summed E-state index contributed by atoms with van der Waals surface area (Å²) in [4.78, 5) is 14.9. The molecule has 0 radical (unpaired) electrons. The highest BCUT2D eigenvalue weighted by Gasteiger charge is 2.38. The fraction of sp³-hybridized carbons (Fsp3) is 0.611. The molecule has 0 aliphatic carbocycles. The van der Waals surface area contributed by atoms with Crippen LogP contribution in [0.25, 0.3) is 0 Å². The maximum Gasteiger partial charge on any atom is 0.255 e. The number of nitrogens with zero attached hydrogens (tertiary/aromatic N) is 1. The number of nitrogens with one attached hydrogen (secondary N) is 1. The van der Waals surface area contributed by atoms with E-state index in [4.69, 9.17) is 0 Å². The molecule has 0 aromatic heterocycles. The molecule has 2 aliphatic heterocycles. The van der Waals surface area contributed by atoms with Crippen LogP contribution in [0.1, 0.15) is 43.0 Å². The zero-order valence-corrected chi connectivity index (χ0v) is 15.1. The Kier molecular flexibility index (Phi) is 4.97. The molecule has 5 nitrogen and oxygen atoms in total. The first kappa shape index (κ1) is 17.4. The number of sulfone groups is 1. The Hall–Kier alpha value is -1.40. The Labute approximate surface area is 144 Å². The van der Waals surface area contributed by atoms with E-state index < -0.39 is 9.84 Å². The number of rotatable bonds is 4. The van der Waals surface area contributed by atoms with E-state index in [0.717, 1.165) is 25.9 Å². The monoisotopic (exact) mass is 350 g/mol. The third kappa shape index (κ3) is 3.35. The van der Waals surface area contributed by atoms with Crippen molar-refractivity contribution in [3.63, 3.8) is 0 Å². The molecule has 1 amide bonds. The maximum atomic E-state index is 12.9. The molecule has 2 aliphatic rings. The van der Waals surface area contributed by atoms with E-state index in [9.17, 15) is 13.2 Å². The summed E-state index contributed by atoms with van der Waals surface area (Å²) in [5, 5.41) is 3.42. The number of benzene rings is 1. The van der Waals surface area contributed by atoms with Crippen molar-refractivity contribution in [2.45, 2.75) is 37.5 Å². The lowest BCUT2D eigenvalue weighted by Crippen LogP contribution is -2.44. The van der Waals surface area contributed by atoms with Gasteiger partial charge in [0.25, 0.3) is 5.91 Å². The summed E-state index contributed by atoms with van der Waals surface area (Å²) < 4.78 is 24.9. The SMILES string of the molecule is CCCS(=O)(=O)c1ccccc1C(=O)N1CCC2(CCNC2)CC1. The van der Waals surface area contributed by atoms with Crippen LogP contribution in [0.4, 0.5) is 0 Å². The molecule has 2 saturated heterocycles. The van der Waals surface area contributed by atoms with Gasteiger partial charge in [0.05, 0.1) is 16.2 Å². The molecule has 1 N–H and O–H groups in total. The first-order valence-corrected chi connectivity index (χ1v) is 10.4. The highest BCUT2D eigenvalue weighted by atomic mass is 32.2. The third-order valence-corrected chi connectivity index (χ3v) is 7.34. The number of hydrogen-bond donors (Lipinski definition) is 1. The molecule has 132 valence electrons. The summed E-state index contributed by atoms with van der Waals surface area (Å²) in [5.41, 5.74) is 0.663. The minimum Gasteiger partial charge on any atom is -0.339 e. The predicted octanol–water partition coefficient (Wildman–Crippen LogP) is 2.09. The minimum atomic E-state index is -3.40. The molecule has 0 atom stereocenters. The molecule has 2 heterocycles. The molecule has 1 spiro atoms. The number of hydrogen-bond acceptors (Lipinski definition) is 4. The van der Waals surface area contributed by atoms with Crippen molar-refractivity contribution < 1.29 is 13.2 Å². The fourth-order valence-corrected chi connectivity index (χ4v) is 5.40. The second-order valence-corrected chi connectivity index (χ2v) is 9.11. The van der Waals surface area contributed by atoms with E-state index in [1.807, 2.05) is 11.8 Å². The van der Waals surface area contributed by atoms with Gasteiger partial charge in [-0.3, -0.25) is 4.79 Å². The number of amides is 1. The average Bonchev–Trinajstić information content (AvgIpc) is 3.03. The van der Waals surface area contributed by atoms with E-state index in [1.165, 1.54) is 6.42 Å². The fourth-order valence-electron chi connectivity index (χ4n) is 3.87. The van der Waals surface area contributed by atoms with Crippen molar-refractivity contribution in [1.29, 1.82) is 0 Å². The van der Waals surface area contributed by atoms with Gasteiger partial charge in [-0.2, -0.15) is 0 Å². The zero-order valence-electron chi connectivity index (χ0n) is 14.3. The van der Waals surface area contributed by atoms with Gasteiger partial charge in [0.1, 0.15) is 0 Å². The number of carbonyl (C=O) groups excluding carboxylic acids is 1. The Balaban J connectivity index is 1.79. The van der Waals surface area contributed by atoms with Gasteiger partial charge in [0.15, 0.2) is 9.84 Å². The minimum absolute atomic E-state index is 0.0755. The maximum absolute atomic E-state index is 12.9. The zero-order chi connectivity index (χ0) is 17.2. The van der Waals surface area contributed by atoms with Crippen molar-refractivity contribution in [1.82, 2.24) is 10.2 Å².